The Morgan fingerprint density at radius 1 is 1.04 bits per heavy atom. The molecule has 0 bridgehead atoms. The molecule has 1 fully saturated rings. The summed E-state index contributed by atoms with van der Waals surface area (Å²) in [6.45, 7) is 7.13. The molecule has 150 valence electrons. The van der Waals surface area contributed by atoms with Crippen LogP contribution in [0.15, 0.2) is 54.6 Å². The van der Waals surface area contributed by atoms with E-state index in [9.17, 15) is 4.79 Å². The van der Waals surface area contributed by atoms with Crippen LogP contribution >= 0.6 is 0 Å². The molecule has 6 heteroatoms. The van der Waals surface area contributed by atoms with Crippen molar-refractivity contribution >= 4 is 11.6 Å². The molecule has 2 aromatic rings. The Morgan fingerprint density at radius 3 is 2.43 bits per heavy atom. The summed E-state index contributed by atoms with van der Waals surface area (Å²) >= 11 is 0. The van der Waals surface area contributed by atoms with E-state index < -0.39 is 0 Å². The van der Waals surface area contributed by atoms with Crippen LogP contribution in [0.1, 0.15) is 6.92 Å². The first-order chi connectivity index (χ1) is 13.7. The minimum absolute atomic E-state index is 0.00893. The van der Waals surface area contributed by atoms with Crippen LogP contribution in [0.3, 0.4) is 0 Å². The largest absolute Gasteiger partial charge is 0.495 e. The van der Waals surface area contributed by atoms with E-state index in [0.29, 0.717) is 18.0 Å². The lowest BCUT2D eigenvalue weighted by Crippen LogP contribution is -2.53. The smallest absolute Gasteiger partial charge is 0.241 e. The third kappa shape index (κ3) is 5.47. The van der Waals surface area contributed by atoms with Gasteiger partial charge in [0.25, 0.3) is 0 Å². The summed E-state index contributed by atoms with van der Waals surface area (Å²) in [4.78, 5) is 17.2. The molecule has 0 aliphatic carbocycles. The maximum Gasteiger partial charge on any atom is 0.241 e. The molecule has 0 saturated carbocycles. The fraction of sp³-hybridized carbons (Fsp3) is 0.409. The Balaban J connectivity index is 1.41. The van der Waals surface area contributed by atoms with Gasteiger partial charge in [-0.3, -0.25) is 14.6 Å². The van der Waals surface area contributed by atoms with Gasteiger partial charge < -0.3 is 14.8 Å². The Hall–Kier alpha value is -2.57. The molecule has 1 amide bonds. The number of hydrogen-bond acceptors (Lipinski definition) is 5. The zero-order valence-corrected chi connectivity index (χ0v) is 16.6. The highest BCUT2D eigenvalue weighted by Gasteiger charge is 2.26. The number of ether oxygens (including phenoxy) is 2. The molecule has 0 spiro atoms. The summed E-state index contributed by atoms with van der Waals surface area (Å²) in [5.74, 6) is 1.57. The SMILES string of the molecule is COc1ccccc1NC(=O)C(C)N1CCN(CCOc2ccccc2)CC1. The molecule has 1 heterocycles. The summed E-state index contributed by atoms with van der Waals surface area (Å²) < 4.78 is 11.1. The normalized spacial score (nSPS) is 16.4. The first-order valence-electron chi connectivity index (χ1n) is 9.75. The van der Waals surface area contributed by atoms with Crippen LogP contribution in [0.25, 0.3) is 0 Å². The van der Waals surface area contributed by atoms with Gasteiger partial charge in [-0.2, -0.15) is 0 Å². The van der Waals surface area contributed by atoms with Crippen LogP contribution < -0.4 is 14.8 Å². The summed E-state index contributed by atoms with van der Waals surface area (Å²) in [5.41, 5.74) is 0.707. The van der Waals surface area contributed by atoms with Crippen molar-refractivity contribution in [3.63, 3.8) is 0 Å². The molecule has 1 unspecified atom stereocenters. The molecular weight excluding hydrogens is 354 g/mol. The van der Waals surface area contributed by atoms with Crippen molar-refractivity contribution < 1.29 is 14.3 Å². The number of rotatable bonds is 8. The number of anilines is 1. The maximum absolute atomic E-state index is 12.6. The number of amides is 1. The molecule has 6 nitrogen and oxygen atoms in total. The standard InChI is InChI=1S/C22H29N3O3/c1-18(22(26)23-20-10-6-7-11-21(20)27-2)25-14-12-24(13-15-25)16-17-28-19-8-4-3-5-9-19/h3-11,18H,12-17H2,1-2H3,(H,23,26). The van der Waals surface area contributed by atoms with Crippen molar-refractivity contribution in [3.8, 4) is 11.5 Å². The highest BCUT2D eigenvalue weighted by atomic mass is 16.5. The molecule has 1 N–H and O–H groups in total. The van der Waals surface area contributed by atoms with Gasteiger partial charge in [0.15, 0.2) is 0 Å². The lowest BCUT2D eigenvalue weighted by Gasteiger charge is -2.37. The number of para-hydroxylation sites is 3. The number of carbonyl (C=O) groups is 1. The fourth-order valence-corrected chi connectivity index (χ4v) is 3.33. The lowest BCUT2D eigenvalue weighted by molar-refractivity contribution is -0.121. The molecule has 2 aromatic carbocycles. The van der Waals surface area contributed by atoms with Gasteiger partial charge in [0.2, 0.25) is 5.91 Å². The van der Waals surface area contributed by atoms with Crippen molar-refractivity contribution in [2.45, 2.75) is 13.0 Å². The lowest BCUT2D eigenvalue weighted by atomic mass is 10.2. The molecule has 1 saturated heterocycles. The van der Waals surface area contributed by atoms with Gasteiger partial charge in [-0.25, -0.2) is 0 Å². The van der Waals surface area contributed by atoms with Gasteiger partial charge in [-0.1, -0.05) is 30.3 Å². The number of hydrogen-bond donors (Lipinski definition) is 1. The van der Waals surface area contributed by atoms with Crippen LogP contribution in [-0.2, 0) is 4.79 Å². The first kappa shape index (κ1) is 20.2. The highest BCUT2D eigenvalue weighted by Crippen LogP contribution is 2.23. The van der Waals surface area contributed by atoms with Crippen molar-refractivity contribution in [1.29, 1.82) is 0 Å². The van der Waals surface area contributed by atoms with Crippen molar-refractivity contribution in [2.75, 3.05) is 51.8 Å². The second-order valence-corrected chi connectivity index (χ2v) is 6.90. The zero-order chi connectivity index (χ0) is 19.8. The van der Waals surface area contributed by atoms with E-state index in [0.717, 1.165) is 38.5 Å². The van der Waals surface area contributed by atoms with Crippen molar-refractivity contribution in [1.82, 2.24) is 9.80 Å². The van der Waals surface area contributed by atoms with E-state index in [4.69, 9.17) is 9.47 Å². The topological polar surface area (TPSA) is 54.0 Å². The summed E-state index contributed by atoms with van der Waals surface area (Å²) in [6, 6.07) is 17.2. The minimum atomic E-state index is -0.187. The van der Waals surface area contributed by atoms with Crippen LogP contribution in [-0.4, -0.2) is 68.2 Å². The Kier molecular flexibility index (Phi) is 7.28. The zero-order valence-electron chi connectivity index (χ0n) is 16.6. The van der Waals surface area contributed by atoms with Gasteiger partial charge >= 0.3 is 0 Å². The molecule has 28 heavy (non-hydrogen) atoms. The second kappa shape index (κ2) is 10.1. The van der Waals surface area contributed by atoms with E-state index in [2.05, 4.69) is 15.1 Å². The average Bonchev–Trinajstić information content (AvgIpc) is 2.75. The van der Waals surface area contributed by atoms with Crippen LogP contribution in [0, 0.1) is 0 Å². The summed E-state index contributed by atoms with van der Waals surface area (Å²) in [7, 11) is 1.61. The van der Waals surface area contributed by atoms with Crippen LogP contribution in [0.2, 0.25) is 0 Å². The number of carbonyl (C=O) groups excluding carboxylic acids is 1. The van der Waals surface area contributed by atoms with E-state index in [1.807, 2.05) is 61.5 Å². The molecule has 0 aromatic heterocycles. The van der Waals surface area contributed by atoms with Crippen molar-refractivity contribution in [3.05, 3.63) is 54.6 Å². The average molecular weight is 383 g/mol. The van der Waals surface area contributed by atoms with Gasteiger partial charge in [0.05, 0.1) is 18.8 Å². The Bertz CT molecular complexity index is 746. The quantitative estimate of drug-likeness (QED) is 0.760. The number of piperazine rings is 1. The van der Waals surface area contributed by atoms with Crippen LogP contribution in [0.5, 0.6) is 11.5 Å². The monoisotopic (exact) mass is 383 g/mol. The molecular formula is C22H29N3O3. The van der Waals surface area contributed by atoms with E-state index in [1.54, 1.807) is 7.11 Å². The Labute approximate surface area is 167 Å². The van der Waals surface area contributed by atoms with Gasteiger partial charge in [-0.05, 0) is 31.2 Å². The molecule has 1 aliphatic rings. The van der Waals surface area contributed by atoms with Gasteiger partial charge in [0, 0.05) is 32.7 Å². The van der Waals surface area contributed by atoms with E-state index >= 15 is 0 Å². The maximum atomic E-state index is 12.6. The predicted octanol–water partition coefficient (Wildman–Crippen LogP) is 2.72. The third-order valence-electron chi connectivity index (χ3n) is 5.12. The van der Waals surface area contributed by atoms with Gasteiger partial charge in [0.1, 0.15) is 18.1 Å². The molecule has 1 atom stereocenters. The number of benzene rings is 2. The predicted molar refractivity (Wildman–Crippen MR) is 111 cm³/mol. The summed E-state index contributed by atoms with van der Waals surface area (Å²) in [6.07, 6.45) is 0. The van der Waals surface area contributed by atoms with Gasteiger partial charge in [-0.15, -0.1) is 0 Å². The van der Waals surface area contributed by atoms with E-state index in [1.165, 1.54) is 0 Å². The Morgan fingerprint density at radius 2 is 1.71 bits per heavy atom. The van der Waals surface area contributed by atoms with Crippen LogP contribution in [0.4, 0.5) is 5.69 Å². The second-order valence-electron chi connectivity index (χ2n) is 6.90. The molecule has 1 aliphatic heterocycles. The third-order valence-corrected chi connectivity index (χ3v) is 5.12. The summed E-state index contributed by atoms with van der Waals surface area (Å²) in [5, 5.41) is 2.98. The number of nitrogens with one attached hydrogen (secondary N) is 1. The van der Waals surface area contributed by atoms with Crippen molar-refractivity contribution in [2.24, 2.45) is 0 Å². The molecule has 0 radical (unpaired) electrons. The fourth-order valence-electron chi connectivity index (χ4n) is 3.33. The highest BCUT2D eigenvalue weighted by molar-refractivity contribution is 5.95. The number of nitrogens with zero attached hydrogens (tertiary/aromatic N) is 2. The minimum Gasteiger partial charge on any atom is -0.495 e. The first-order valence-corrected chi connectivity index (χ1v) is 9.75. The number of methoxy groups -OCH3 is 1. The molecule has 3 rings (SSSR count). The van der Waals surface area contributed by atoms with E-state index in [-0.39, 0.29) is 11.9 Å².